The zero-order valence-electron chi connectivity index (χ0n) is 16.7. The third-order valence-electron chi connectivity index (χ3n) is 4.86. The van der Waals surface area contributed by atoms with E-state index in [9.17, 15) is 4.79 Å². The van der Waals surface area contributed by atoms with E-state index < -0.39 is 0 Å². The normalized spacial score (nSPS) is 11.1. The van der Waals surface area contributed by atoms with Gasteiger partial charge in [-0.2, -0.15) is 5.10 Å². The quantitative estimate of drug-likeness (QED) is 0.274. The number of nitrogens with zero attached hydrogens (tertiary/aromatic N) is 2. The third kappa shape index (κ3) is 4.71. The summed E-state index contributed by atoms with van der Waals surface area (Å²) in [7, 11) is 0. The molecule has 0 fully saturated rings. The number of carbonyl (C=O) groups is 1. The molecular weight excluding hydrogens is 429 g/mol. The predicted molar refractivity (Wildman–Crippen MR) is 127 cm³/mol. The van der Waals surface area contributed by atoms with Gasteiger partial charge in [0, 0.05) is 16.9 Å². The van der Waals surface area contributed by atoms with Crippen molar-refractivity contribution < 1.29 is 4.79 Å². The lowest BCUT2D eigenvalue weighted by Gasteiger charge is -2.12. The van der Waals surface area contributed by atoms with Gasteiger partial charge in [0.15, 0.2) is 0 Å². The van der Waals surface area contributed by atoms with E-state index in [1.54, 1.807) is 30.3 Å². The molecule has 0 radical (unpaired) electrons. The van der Waals surface area contributed by atoms with Crippen molar-refractivity contribution in [3.05, 3.63) is 112 Å². The maximum absolute atomic E-state index is 12.4. The highest BCUT2D eigenvalue weighted by molar-refractivity contribution is 6.42. The molecule has 4 nitrogen and oxygen atoms in total. The highest BCUT2D eigenvalue weighted by atomic mass is 35.5. The summed E-state index contributed by atoms with van der Waals surface area (Å²) in [5.74, 6) is -0.296. The molecule has 4 rings (SSSR count). The first-order valence-corrected chi connectivity index (χ1v) is 10.4. The number of hydrazone groups is 1. The Bertz CT molecular complexity index is 1250. The summed E-state index contributed by atoms with van der Waals surface area (Å²) < 4.78 is 2.17. The topological polar surface area (TPSA) is 46.4 Å². The molecule has 1 amide bonds. The minimum Gasteiger partial charge on any atom is -0.314 e. The van der Waals surface area contributed by atoms with Crippen molar-refractivity contribution in [3.63, 3.8) is 0 Å². The number of halogens is 2. The van der Waals surface area contributed by atoms with Gasteiger partial charge in [-0.05, 0) is 66.6 Å². The fourth-order valence-corrected chi connectivity index (χ4v) is 3.61. The maximum Gasteiger partial charge on any atom is 0.271 e. The van der Waals surface area contributed by atoms with Gasteiger partial charge in [-0.25, -0.2) is 5.43 Å². The largest absolute Gasteiger partial charge is 0.314 e. The first-order chi connectivity index (χ1) is 15.0. The van der Waals surface area contributed by atoms with Crippen molar-refractivity contribution in [2.24, 2.45) is 5.10 Å². The van der Waals surface area contributed by atoms with E-state index in [0.29, 0.717) is 15.6 Å². The zero-order chi connectivity index (χ0) is 21.8. The number of nitrogens with one attached hydrogen (secondary N) is 1. The van der Waals surface area contributed by atoms with Crippen LogP contribution in [0.3, 0.4) is 0 Å². The highest BCUT2D eigenvalue weighted by Gasteiger charge is 2.10. The molecule has 0 bridgehead atoms. The standard InChI is InChI=1S/C25H19Cl2N3O/c1-17-7-14-24(19-5-3-2-4-6-19)30(17)21-11-9-20(10-12-21)25(31)29-28-16-18-8-13-22(26)23(27)15-18/h2-16H,1H3,(H,29,31). The second kappa shape index (κ2) is 9.21. The van der Waals surface area contributed by atoms with E-state index in [-0.39, 0.29) is 5.91 Å². The van der Waals surface area contributed by atoms with Crippen molar-refractivity contribution >= 4 is 35.3 Å². The summed E-state index contributed by atoms with van der Waals surface area (Å²) in [4.78, 5) is 12.4. The molecule has 31 heavy (non-hydrogen) atoms. The molecule has 0 saturated heterocycles. The van der Waals surface area contributed by atoms with Gasteiger partial charge in [0.1, 0.15) is 0 Å². The van der Waals surface area contributed by atoms with Crippen LogP contribution in [0, 0.1) is 6.92 Å². The molecule has 154 valence electrons. The number of benzene rings is 3. The molecule has 1 heterocycles. The second-order valence-electron chi connectivity index (χ2n) is 6.98. The van der Waals surface area contributed by atoms with E-state index >= 15 is 0 Å². The number of rotatable bonds is 5. The molecule has 0 aliphatic carbocycles. The van der Waals surface area contributed by atoms with Crippen LogP contribution < -0.4 is 5.43 Å². The molecule has 0 saturated carbocycles. The van der Waals surface area contributed by atoms with Crippen molar-refractivity contribution in [3.8, 4) is 16.9 Å². The lowest BCUT2D eigenvalue weighted by molar-refractivity contribution is 0.0955. The first kappa shape index (κ1) is 20.9. The predicted octanol–water partition coefficient (Wildman–Crippen LogP) is 6.52. The summed E-state index contributed by atoms with van der Waals surface area (Å²) in [5, 5.41) is 4.90. The van der Waals surface area contributed by atoms with Crippen LogP contribution in [0.4, 0.5) is 0 Å². The van der Waals surface area contributed by atoms with E-state index in [4.69, 9.17) is 23.2 Å². The number of carbonyl (C=O) groups excluding carboxylic acids is 1. The van der Waals surface area contributed by atoms with E-state index in [1.165, 1.54) is 6.21 Å². The lowest BCUT2D eigenvalue weighted by Crippen LogP contribution is -2.17. The Hall–Kier alpha value is -3.34. The van der Waals surface area contributed by atoms with Crippen molar-refractivity contribution in [2.75, 3.05) is 0 Å². The van der Waals surface area contributed by atoms with Gasteiger partial charge in [-0.3, -0.25) is 4.79 Å². The van der Waals surface area contributed by atoms with Crippen LogP contribution in [-0.2, 0) is 0 Å². The number of aromatic nitrogens is 1. The monoisotopic (exact) mass is 447 g/mol. The van der Waals surface area contributed by atoms with E-state index in [0.717, 1.165) is 28.2 Å². The van der Waals surface area contributed by atoms with Crippen LogP contribution in [0.25, 0.3) is 16.9 Å². The SMILES string of the molecule is Cc1ccc(-c2ccccc2)n1-c1ccc(C(=O)NN=Cc2ccc(Cl)c(Cl)c2)cc1. The Morgan fingerprint density at radius 3 is 2.35 bits per heavy atom. The zero-order valence-corrected chi connectivity index (χ0v) is 18.2. The van der Waals surface area contributed by atoms with Gasteiger partial charge in [0.05, 0.1) is 22.0 Å². The summed E-state index contributed by atoms with van der Waals surface area (Å²) in [6, 6.07) is 26.9. The van der Waals surface area contributed by atoms with Crippen LogP contribution in [0.1, 0.15) is 21.6 Å². The average molecular weight is 448 g/mol. The van der Waals surface area contributed by atoms with Crippen LogP contribution in [0.15, 0.2) is 90.0 Å². The first-order valence-electron chi connectivity index (χ1n) is 9.65. The van der Waals surface area contributed by atoms with Gasteiger partial charge in [0.25, 0.3) is 5.91 Å². The average Bonchev–Trinajstić information content (AvgIpc) is 3.18. The lowest BCUT2D eigenvalue weighted by atomic mass is 10.1. The van der Waals surface area contributed by atoms with Gasteiger partial charge >= 0.3 is 0 Å². The Morgan fingerprint density at radius 1 is 0.903 bits per heavy atom. The molecule has 0 atom stereocenters. The Morgan fingerprint density at radius 2 is 1.65 bits per heavy atom. The molecule has 1 N–H and O–H groups in total. The summed E-state index contributed by atoms with van der Waals surface area (Å²) in [6.45, 7) is 2.06. The number of aryl methyl sites for hydroxylation is 1. The summed E-state index contributed by atoms with van der Waals surface area (Å²) in [6.07, 6.45) is 1.52. The third-order valence-corrected chi connectivity index (χ3v) is 5.60. The number of amides is 1. The molecule has 0 unspecified atom stereocenters. The Kier molecular flexibility index (Phi) is 6.21. The molecule has 0 aliphatic rings. The molecule has 6 heteroatoms. The van der Waals surface area contributed by atoms with E-state index in [2.05, 4.69) is 46.3 Å². The molecule has 1 aromatic heterocycles. The van der Waals surface area contributed by atoms with Crippen molar-refractivity contribution in [2.45, 2.75) is 6.92 Å². The minimum absolute atomic E-state index is 0.296. The van der Waals surface area contributed by atoms with Gasteiger partial charge < -0.3 is 4.57 Å². The Labute approximate surface area is 190 Å². The molecule has 0 aliphatic heterocycles. The van der Waals surface area contributed by atoms with Gasteiger partial charge in [-0.1, -0.05) is 59.6 Å². The smallest absolute Gasteiger partial charge is 0.271 e. The van der Waals surface area contributed by atoms with Crippen LogP contribution in [-0.4, -0.2) is 16.7 Å². The molecule has 3 aromatic carbocycles. The summed E-state index contributed by atoms with van der Waals surface area (Å²) >= 11 is 11.9. The molecule has 4 aromatic rings. The van der Waals surface area contributed by atoms with Crippen molar-refractivity contribution in [1.29, 1.82) is 0 Å². The van der Waals surface area contributed by atoms with Crippen molar-refractivity contribution in [1.82, 2.24) is 9.99 Å². The fraction of sp³-hybridized carbons (Fsp3) is 0.0400. The Balaban J connectivity index is 1.50. The van der Waals surface area contributed by atoms with Crippen LogP contribution in [0.5, 0.6) is 0 Å². The van der Waals surface area contributed by atoms with Gasteiger partial charge in [-0.15, -0.1) is 0 Å². The highest BCUT2D eigenvalue weighted by Crippen LogP contribution is 2.26. The number of hydrogen-bond acceptors (Lipinski definition) is 2. The molecular formula is C25H19Cl2N3O. The second-order valence-corrected chi connectivity index (χ2v) is 7.80. The summed E-state index contributed by atoms with van der Waals surface area (Å²) in [5.41, 5.74) is 8.11. The molecule has 0 spiro atoms. The minimum atomic E-state index is -0.296. The van der Waals surface area contributed by atoms with Gasteiger partial charge in [0.2, 0.25) is 0 Å². The fourth-order valence-electron chi connectivity index (χ4n) is 3.30. The van der Waals surface area contributed by atoms with Crippen LogP contribution >= 0.6 is 23.2 Å². The maximum atomic E-state index is 12.4. The van der Waals surface area contributed by atoms with Crippen LogP contribution in [0.2, 0.25) is 10.0 Å². The number of hydrogen-bond donors (Lipinski definition) is 1. The van der Waals surface area contributed by atoms with E-state index in [1.807, 2.05) is 30.3 Å².